The fraction of sp³-hybridized carbons (Fsp3) is 0.647. The standard InChI is InChI=1S/C17H24ClN4O7P/c18-17-20-16(19-9-3-1-2-4-9)11-6-5-10(22(11)21-17)15-14(24)13(23)12(29-15)7-28-8-30(25,26)27/h5-6,9,12-15,23-24H,1-4,7-8H2,(H,19,20,21)(H2,25,26,27)/t12-,13-,14-,15+/m1/s1. The van der Waals surface area contributed by atoms with Gasteiger partial charge in [0, 0.05) is 6.04 Å². The Labute approximate surface area is 177 Å². The lowest BCUT2D eigenvalue weighted by Gasteiger charge is -2.17. The third-order valence-electron chi connectivity index (χ3n) is 5.41. The number of hydrogen-bond donors (Lipinski definition) is 5. The molecule has 166 valence electrons. The average molecular weight is 463 g/mol. The van der Waals surface area contributed by atoms with E-state index in [0.29, 0.717) is 23.1 Å². The van der Waals surface area contributed by atoms with Gasteiger partial charge in [0.25, 0.3) is 0 Å². The molecule has 1 saturated heterocycles. The first kappa shape index (κ1) is 21.9. The molecule has 11 nitrogen and oxygen atoms in total. The van der Waals surface area contributed by atoms with Crippen LogP contribution in [-0.4, -0.2) is 71.9 Å². The van der Waals surface area contributed by atoms with Gasteiger partial charge in [-0.05, 0) is 36.6 Å². The summed E-state index contributed by atoms with van der Waals surface area (Å²) in [6.07, 6.45) is -0.866. The van der Waals surface area contributed by atoms with Crippen LogP contribution in [0.1, 0.15) is 37.5 Å². The van der Waals surface area contributed by atoms with Gasteiger partial charge in [0.15, 0.2) is 5.82 Å². The molecule has 2 aromatic heterocycles. The number of anilines is 1. The van der Waals surface area contributed by atoms with Gasteiger partial charge in [-0.15, -0.1) is 5.10 Å². The zero-order chi connectivity index (χ0) is 21.5. The second-order valence-corrected chi connectivity index (χ2v) is 9.58. The molecule has 2 aromatic rings. The Balaban J connectivity index is 1.55. The van der Waals surface area contributed by atoms with Crippen LogP contribution in [0.15, 0.2) is 12.1 Å². The molecule has 2 aliphatic rings. The molecule has 0 unspecified atom stereocenters. The number of ether oxygens (including phenoxy) is 2. The van der Waals surface area contributed by atoms with E-state index in [4.69, 9.17) is 30.9 Å². The van der Waals surface area contributed by atoms with Crippen LogP contribution in [0.2, 0.25) is 5.28 Å². The molecule has 0 radical (unpaired) electrons. The van der Waals surface area contributed by atoms with Gasteiger partial charge in [0.1, 0.15) is 36.3 Å². The first-order valence-electron chi connectivity index (χ1n) is 9.68. The number of aliphatic hydroxyl groups excluding tert-OH is 2. The van der Waals surface area contributed by atoms with Crippen LogP contribution < -0.4 is 5.32 Å². The van der Waals surface area contributed by atoms with Crippen molar-refractivity contribution >= 4 is 30.5 Å². The topological polar surface area (TPSA) is 159 Å². The summed E-state index contributed by atoms with van der Waals surface area (Å²) in [5.74, 6) is 0.586. The maximum absolute atomic E-state index is 10.9. The van der Waals surface area contributed by atoms with E-state index in [1.807, 2.05) is 0 Å². The molecule has 4 atom stereocenters. The molecule has 0 aromatic carbocycles. The van der Waals surface area contributed by atoms with E-state index in [2.05, 4.69) is 15.4 Å². The van der Waals surface area contributed by atoms with E-state index in [9.17, 15) is 14.8 Å². The summed E-state index contributed by atoms with van der Waals surface area (Å²) < 4.78 is 23.1. The van der Waals surface area contributed by atoms with Crippen LogP contribution in [0.25, 0.3) is 5.52 Å². The fourth-order valence-electron chi connectivity index (χ4n) is 3.99. The van der Waals surface area contributed by atoms with Crippen molar-refractivity contribution in [2.45, 2.75) is 56.1 Å². The highest BCUT2D eigenvalue weighted by Crippen LogP contribution is 2.37. The summed E-state index contributed by atoms with van der Waals surface area (Å²) in [6.45, 7) is -0.284. The third-order valence-corrected chi connectivity index (χ3v) is 6.08. The van der Waals surface area contributed by atoms with Crippen LogP contribution in [0.3, 0.4) is 0 Å². The largest absolute Gasteiger partial charge is 0.387 e. The van der Waals surface area contributed by atoms with E-state index in [1.165, 1.54) is 4.52 Å². The quantitative estimate of drug-likeness (QED) is 0.376. The molecule has 0 spiro atoms. The van der Waals surface area contributed by atoms with Gasteiger partial charge in [-0.2, -0.15) is 4.98 Å². The lowest BCUT2D eigenvalue weighted by atomic mass is 10.1. The Kier molecular flexibility index (Phi) is 6.34. The summed E-state index contributed by atoms with van der Waals surface area (Å²) in [5.41, 5.74) is 1.13. The molecule has 3 heterocycles. The molecule has 1 aliphatic heterocycles. The highest BCUT2D eigenvalue weighted by molar-refractivity contribution is 7.51. The Hall–Kier alpha value is -1.30. The summed E-state index contributed by atoms with van der Waals surface area (Å²) in [6, 6.07) is 3.80. The number of rotatable bonds is 7. The van der Waals surface area contributed by atoms with Crippen molar-refractivity contribution in [1.82, 2.24) is 14.6 Å². The molecule has 1 aliphatic carbocycles. The lowest BCUT2D eigenvalue weighted by Crippen LogP contribution is -2.33. The average Bonchev–Trinajstić information content (AvgIpc) is 3.37. The van der Waals surface area contributed by atoms with Crippen LogP contribution in [0.4, 0.5) is 5.82 Å². The van der Waals surface area contributed by atoms with Crippen LogP contribution in [0.5, 0.6) is 0 Å². The normalized spacial score (nSPS) is 27.9. The molecule has 4 rings (SSSR count). The predicted molar refractivity (Wildman–Crippen MR) is 106 cm³/mol. The highest BCUT2D eigenvalue weighted by Gasteiger charge is 2.45. The van der Waals surface area contributed by atoms with Gasteiger partial charge in [-0.1, -0.05) is 12.8 Å². The molecular weight excluding hydrogens is 439 g/mol. The van der Waals surface area contributed by atoms with Crippen molar-refractivity contribution in [3.05, 3.63) is 23.1 Å². The van der Waals surface area contributed by atoms with E-state index < -0.39 is 38.4 Å². The molecule has 5 N–H and O–H groups in total. The third kappa shape index (κ3) is 4.63. The van der Waals surface area contributed by atoms with E-state index >= 15 is 0 Å². The van der Waals surface area contributed by atoms with Crippen molar-refractivity contribution in [2.75, 3.05) is 18.3 Å². The minimum Gasteiger partial charge on any atom is -0.387 e. The number of nitrogens with zero attached hydrogens (tertiary/aromatic N) is 3. The number of aliphatic hydroxyl groups is 2. The van der Waals surface area contributed by atoms with Crippen LogP contribution >= 0.6 is 19.2 Å². The summed E-state index contributed by atoms with van der Waals surface area (Å²) in [5, 5.41) is 28.4. The smallest absolute Gasteiger partial charge is 0.350 e. The molecule has 0 bridgehead atoms. The van der Waals surface area contributed by atoms with Gasteiger partial charge in [-0.25, -0.2) is 4.52 Å². The summed E-state index contributed by atoms with van der Waals surface area (Å²) in [7, 11) is -4.34. The second-order valence-electron chi connectivity index (χ2n) is 7.65. The Bertz CT molecular complexity index is 948. The molecule has 2 fully saturated rings. The van der Waals surface area contributed by atoms with Gasteiger partial charge < -0.3 is 34.8 Å². The van der Waals surface area contributed by atoms with Crippen LogP contribution in [-0.2, 0) is 14.0 Å². The molecular formula is C17H24ClN4O7P. The second kappa shape index (κ2) is 8.68. The van der Waals surface area contributed by atoms with Crippen LogP contribution in [0, 0.1) is 0 Å². The highest BCUT2D eigenvalue weighted by atomic mass is 35.5. The molecule has 13 heteroatoms. The summed E-state index contributed by atoms with van der Waals surface area (Å²) >= 11 is 6.12. The Morgan fingerprint density at radius 1 is 1.27 bits per heavy atom. The number of aromatic nitrogens is 3. The van der Waals surface area contributed by atoms with Gasteiger partial charge in [0.2, 0.25) is 5.28 Å². The fourth-order valence-corrected chi connectivity index (χ4v) is 4.50. The summed E-state index contributed by atoms with van der Waals surface area (Å²) in [4.78, 5) is 22.1. The van der Waals surface area contributed by atoms with E-state index in [1.54, 1.807) is 12.1 Å². The lowest BCUT2D eigenvalue weighted by molar-refractivity contribution is -0.0402. The number of halogens is 1. The monoisotopic (exact) mass is 462 g/mol. The zero-order valence-corrected chi connectivity index (χ0v) is 17.6. The minimum atomic E-state index is -4.34. The Morgan fingerprint density at radius 2 is 2.00 bits per heavy atom. The number of hydrogen-bond acceptors (Lipinski definition) is 8. The first-order chi connectivity index (χ1) is 14.2. The van der Waals surface area contributed by atoms with Gasteiger partial charge in [-0.3, -0.25) is 4.57 Å². The van der Waals surface area contributed by atoms with Gasteiger partial charge >= 0.3 is 7.60 Å². The van der Waals surface area contributed by atoms with Crippen molar-refractivity contribution in [1.29, 1.82) is 0 Å². The van der Waals surface area contributed by atoms with Crippen molar-refractivity contribution < 1.29 is 34.0 Å². The molecule has 0 amide bonds. The van der Waals surface area contributed by atoms with Crippen molar-refractivity contribution in [3.63, 3.8) is 0 Å². The number of fused-ring (bicyclic) bond motifs is 1. The van der Waals surface area contributed by atoms with Gasteiger partial charge in [0.05, 0.1) is 12.3 Å². The Morgan fingerprint density at radius 3 is 2.70 bits per heavy atom. The zero-order valence-electron chi connectivity index (χ0n) is 16.0. The maximum atomic E-state index is 10.9. The van der Waals surface area contributed by atoms with E-state index in [-0.39, 0.29) is 11.9 Å². The molecule has 1 saturated carbocycles. The molecule has 30 heavy (non-hydrogen) atoms. The van der Waals surface area contributed by atoms with E-state index in [0.717, 1.165) is 25.7 Å². The first-order valence-corrected chi connectivity index (χ1v) is 11.9. The SMILES string of the molecule is O=P(O)(O)COC[C@H]1O[C@@H](c2ccc3c(NC4CCCC4)nc(Cl)nn23)[C@H](O)[C@@H]1O. The van der Waals surface area contributed by atoms with Crippen molar-refractivity contribution in [3.8, 4) is 0 Å². The number of nitrogens with one attached hydrogen (secondary N) is 1. The maximum Gasteiger partial charge on any atom is 0.350 e. The predicted octanol–water partition coefficient (Wildman–Crippen LogP) is 1.05. The minimum absolute atomic E-state index is 0.0232. The van der Waals surface area contributed by atoms with Crippen molar-refractivity contribution in [2.24, 2.45) is 0 Å².